The minimum atomic E-state index is -0.258. The van der Waals surface area contributed by atoms with Gasteiger partial charge in [0.15, 0.2) is 0 Å². The minimum Gasteiger partial charge on any atom is -0.321 e. The normalized spacial score (nSPS) is 9.75. The molecule has 0 spiro atoms. The van der Waals surface area contributed by atoms with Crippen molar-refractivity contribution in [3.63, 3.8) is 0 Å². The molecule has 0 aliphatic rings. The smallest absolute Gasteiger partial charge is 0.256 e. The molecule has 2 rings (SSSR count). The van der Waals surface area contributed by atoms with Gasteiger partial charge in [0.1, 0.15) is 0 Å². The van der Waals surface area contributed by atoms with E-state index in [9.17, 15) is 4.79 Å². The van der Waals surface area contributed by atoms with Crippen LogP contribution in [-0.2, 0) is 0 Å². The van der Waals surface area contributed by atoms with Crippen LogP contribution in [0.15, 0.2) is 29.6 Å². The average Bonchev–Trinajstić information content (AvgIpc) is 2.89. The highest BCUT2D eigenvalue weighted by Gasteiger charge is 2.10. The Labute approximate surface area is 130 Å². The summed E-state index contributed by atoms with van der Waals surface area (Å²) in [6, 6.07) is 6.60. The molecule has 0 radical (unpaired) electrons. The molecule has 20 heavy (non-hydrogen) atoms. The Balaban J connectivity index is 2.15. The first-order chi connectivity index (χ1) is 9.60. The van der Waals surface area contributed by atoms with Gasteiger partial charge in [0.05, 0.1) is 27.7 Å². The van der Waals surface area contributed by atoms with E-state index in [4.69, 9.17) is 28.9 Å². The molecular weight excluding hydrogens is 315 g/mol. The summed E-state index contributed by atoms with van der Waals surface area (Å²) in [6.07, 6.45) is 0. The molecule has 1 amide bonds. The fourth-order valence-electron chi connectivity index (χ4n) is 1.45. The zero-order valence-electron chi connectivity index (χ0n) is 10.2. The fourth-order valence-corrected chi connectivity index (χ4v) is 2.54. The van der Waals surface area contributed by atoms with Gasteiger partial charge >= 0.3 is 0 Å². The number of hydrogen-bond donors (Lipinski definition) is 2. The van der Waals surface area contributed by atoms with Crippen molar-refractivity contribution in [1.82, 2.24) is 0 Å². The lowest BCUT2D eigenvalue weighted by Crippen LogP contribution is -2.11. The summed E-state index contributed by atoms with van der Waals surface area (Å²) in [6.45, 7) is 0.289. The Bertz CT molecular complexity index is 701. The SMILES string of the molecule is NCC#Cc1cc(C(=O)Nc2cc(Cl)ccc2Cl)cs1. The van der Waals surface area contributed by atoms with Crippen molar-refractivity contribution in [3.8, 4) is 11.8 Å². The van der Waals surface area contributed by atoms with Crippen molar-refractivity contribution in [2.24, 2.45) is 5.73 Å². The van der Waals surface area contributed by atoms with E-state index in [0.29, 0.717) is 21.3 Å². The number of hydrogen-bond acceptors (Lipinski definition) is 3. The number of carbonyl (C=O) groups excluding carboxylic acids is 1. The number of anilines is 1. The van der Waals surface area contributed by atoms with E-state index in [-0.39, 0.29) is 12.5 Å². The van der Waals surface area contributed by atoms with E-state index in [1.54, 1.807) is 29.6 Å². The first-order valence-corrected chi connectivity index (χ1v) is 7.27. The molecular formula is C14H10Cl2N2OS. The van der Waals surface area contributed by atoms with E-state index in [2.05, 4.69) is 17.2 Å². The Morgan fingerprint density at radius 2 is 2.15 bits per heavy atom. The molecule has 3 nitrogen and oxygen atoms in total. The lowest BCUT2D eigenvalue weighted by Gasteiger charge is -2.06. The van der Waals surface area contributed by atoms with E-state index < -0.39 is 0 Å². The molecule has 1 aromatic heterocycles. The molecule has 0 aliphatic heterocycles. The van der Waals surface area contributed by atoms with Gasteiger partial charge in [-0.3, -0.25) is 4.79 Å². The predicted molar refractivity (Wildman–Crippen MR) is 84.7 cm³/mol. The van der Waals surface area contributed by atoms with Crippen LogP contribution in [-0.4, -0.2) is 12.5 Å². The Morgan fingerprint density at radius 1 is 1.35 bits per heavy atom. The third-order valence-electron chi connectivity index (χ3n) is 2.35. The first kappa shape index (κ1) is 14.9. The molecule has 0 bridgehead atoms. The van der Waals surface area contributed by atoms with Crippen LogP contribution in [0.2, 0.25) is 10.0 Å². The van der Waals surface area contributed by atoms with Gasteiger partial charge in [-0.2, -0.15) is 0 Å². The highest BCUT2D eigenvalue weighted by atomic mass is 35.5. The zero-order chi connectivity index (χ0) is 14.5. The topological polar surface area (TPSA) is 55.1 Å². The maximum Gasteiger partial charge on any atom is 0.256 e. The second-order valence-corrected chi connectivity index (χ2v) is 5.54. The second-order valence-electron chi connectivity index (χ2n) is 3.78. The van der Waals surface area contributed by atoms with Crippen molar-refractivity contribution in [3.05, 3.63) is 50.1 Å². The average molecular weight is 325 g/mol. The molecule has 0 aliphatic carbocycles. The van der Waals surface area contributed by atoms with Crippen molar-refractivity contribution in [2.75, 3.05) is 11.9 Å². The van der Waals surface area contributed by atoms with Gasteiger partial charge in [0, 0.05) is 10.4 Å². The highest BCUT2D eigenvalue weighted by Crippen LogP contribution is 2.26. The molecule has 0 atom stereocenters. The van der Waals surface area contributed by atoms with Gasteiger partial charge in [-0.05, 0) is 24.3 Å². The maximum atomic E-state index is 12.1. The molecule has 0 unspecified atom stereocenters. The number of nitrogens with one attached hydrogen (secondary N) is 1. The van der Waals surface area contributed by atoms with Gasteiger partial charge in [-0.1, -0.05) is 35.0 Å². The summed E-state index contributed by atoms with van der Waals surface area (Å²) in [4.78, 5) is 12.9. The van der Waals surface area contributed by atoms with Crippen molar-refractivity contribution in [2.45, 2.75) is 0 Å². The van der Waals surface area contributed by atoms with E-state index in [1.807, 2.05) is 0 Å². The van der Waals surface area contributed by atoms with Gasteiger partial charge in [-0.25, -0.2) is 0 Å². The zero-order valence-corrected chi connectivity index (χ0v) is 12.6. The van der Waals surface area contributed by atoms with Crippen molar-refractivity contribution in [1.29, 1.82) is 0 Å². The summed E-state index contributed by atoms with van der Waals surface area (Å²) in [5.41, 5.74) is 6.30. The van der Waals surface area contributed by atoms with Gasteiger partial charge in [0.2, 0.25) is 0 Å². The summed E-state index contributed by atoms with van der Waals surface area (Å²) in [7, 11) is 0. The van der Waals surface area contributed by atoms with Crippen LogP contribution in [0.4, 0.5) is 5.69 Å². The van der Waals surface area contributed by atoms with Crippen molar-refractivity contribution >= 4 is 46.1 Å². The molecule has 3 N–H and O–H groups in total. The number of nitrogens with two attached hydrogens (primary N) is 1. The number of amides is 1. The van der Waals surface area contributed by atoms with Gasteiger partial charge in [0.25, 0.3) is 5.91 Å². The van der Waals surface area contributed by atoms with Crippen LogP contribution in [0.25, 0.3) is 0 Å². The van der Waals surface area contributed by atoms with Crippen LogP contribution in [0, 0.1) is 11.8 Å². The summed E-state index contributed by atoms with van der Waals surface area (Å²) in [5, 5.41) is 5.38. The molecule has 0 saturated heterocycles. The number of carbonyl (C=O) groups is 1. The highest BCUT2D eigenvalue weighted by molar-refractivity contribution is 7.10. The monoisotopic (exact) mass is 324 g/mol. The summed E-state index contributed by atoms with van der Waals surface area (Å²) >= 11 is 13.3. The molecule has 102 valence electrons. The first-order valence-electron chi connectivity index (χ1n) is 5.64. The fraction of sp³-hybridized carbons (Fsp3) is 0.0714. The third kappa shape index (κ3) is 3.75. The minimum absolute atomic E-state index is 0.258. The molecule has 0 fully saturated rings. The van der Waals surface area contributed by atoms with E-state index in [1.165, 1.54) is 11.3 Å². The quantitative estimate of drug-likeness (QED) is 0.829. The number of benzene rings is 1. The molecule has 1 aromatic carbocycles. The van der Waals surface area contributed by atoms with Crippen LogP contribution < -0.4 is 11.1 Å². The van der Waals surface area contributed by atoms with Crippen molar-refractivity contribution < 1.29 is 4.79 Å². The largest absolute Gasteiger partial charge is 0.321 e. The lowest BCUT2D eigenvalue weighted by atomic mass is 10.2. The van der Waals surface area contributed by atoms with Crippen LogP contribution >= 0.6 is 34.5 Å². The molecule has 1 heterocycles. The summed E-state index contributed by atoms with van der Waals surface area (Å²) < 4.78 is 0. The summed E-state index contributed by atoms with van der Waals surface area (Å²) in [5.74, 6) is 5.36. The second kappa shape index (κ2) is 6.78. The molecule has 0 saturated carbocycles. The Kier molecular flexibility index (Phi) is 5.05. The van der Waals surface area contributed by atoms with Crippen LogP contribution in [0.1, 0.15) is 15.2 Å². The number of rotatable bonds is 2. The Morgan fingerprint density at radius 3 is 2.90 bits per heavy atom. The molecule has 6 heteroatoms. The predicted octanol–water partition coefficient (Wildman–Crippen LogP) is 3.62. The van der Waals surface area contributed by atoms with E-state index in [0.717, 1.165) is 4.88 Å². The van der Waals surface area contributed by atoms with E-state index >= 15 is 0 Å². The lowest BCUT2D eigenvalue weighted by molar-refractivity contribution is 0.102. The van der Waals surface area contributed by atoms with Gasteiger partial charge in [-0.15, -0.1) is 11.3 Å². The molecule has 2 aromatic rings. The number of thiophene rings is 1. The maximum absolute atomic E-state index is 12.1. The van der Waals surface area contributed by atoms with Gasteiger partial charge < -0.3 is 11.1 Å². The van der Waals surface area contributed by atoms with Crippen LogP contribution in [0.5, 0.6) is 0 Å². The third-order valence-corrected chi connectivity index (χ3v) is 3.76. The Hall–Kier alpha value is -1.51. The standard InChI is InChI=1S/C14H10Cl2N2OS/c15-10-3-4-12(16)13(7-10)18-14(19)9-6-11(20-8-9)2-1-5-17/h3-4,6-8H,5,17H2,(H,18,19). The number of halogens is 2. The van der Waals surface area contributed by atoms with Crippen LogP contribution in [0.3, 0.4) is 0 Å².